The first-order valence-corrected chi connectivity index (χ1v) is 14.6. The lowest BCUT2D eigenvalue weighted by atomic mass is 9.88. The summed E-state index contributed by atoms with van der Waals surface area (Å²) >= 11 is 0. The van der Waals surface area contributed by atoms with Crippen LogP contribution in [-0.2, 0) is 0 Å². The summed E-state index contributed by atoms with van der Waals surface area (Å²) in [6.45, 7) is 0. The predicted molar refractivity (Wildman–Crippen MR) is 172 cm³/mol. The molecular formula is C38H28N4. The van der Waals surface area contributed by atoms with E-state index in [9.17, 15) is 0 Å². The average molecular weight is 541 g/mol. The molecule has 0 saturated carbocycles. The van der Waals surface area contributed by atoms with E-state index in [0.717, 1.165) is 53.6 Å². The average Bonchev–Trinajstić information content (AvgIpc) is 3.07. The standard InChI is InChI=1S/C38H28N4/c1-3-9-30-23-32(20-14-25(30)7-1)37-40-36(41-38(42-37)33-21-15-26-8-2-4-10-31(26)24-33)29-18-16-27(17-19-29)34-13-5-11-28-12-6-22-39-35(28)34/h1-4,6-12,14-16,18,20-24H,5,13,17,19H2. The fraction of sp³-hybridized carbons (Fsp3) is 0.105. The van der Waals surface area contributed by atoms with Crippen LogP contribution in [0.2, 0.25) is 0 Å². The second-order valence-electron chi connectivity index (χ2n) is 11.0. The van der Waals surface area contributed by atoms with Gasteiger partial charge in [-0.05, 0) is 87.4 Å². The van der Waals surface area contributed by atoms with E-state index >= 15 is 0 Å². The van der Waals surface area contributed by atoms with Crippen LogP contribution in [0.3, 0.4) is 0 Å². The second-order valence-corrected chi connectivity index (χ2v) is 11.0. The summed E-state index contributed by atoms with van der Waals surface area (Å²) in [6, 6.07) is 33.8. The van der Waals surface area contributed by atoms with Gasteiger partial charge in [0, 0.05) is 17.3 Å². The number of allylic oxidation sites excluding steroid dienone is 4. The van der Waals surface area contributed by atoms with Crippen molar-refractivity contribution in [2.24, 2.45) is 0 Å². The maximum absolute atomic E-state index is 5.05. The quantitative estimate of drug-likeness (QED) is 0.233. The molecule has 0 N–H and O–H groups in total. The third-order valence-electron chi connectivity index (χ3n) is 8.36. The topological polar surface area (TPSA) is 51.6 Å². The zero-order chi connectivity index (χ0) is 27.9. The maximum atomic E-state index is 5.05. The van der Waals surface area contributed by atoms with Crippen LogP contribution in [0.1, 0.15) is 31.5 Å². The highest BCUT2D eigenvalue weighted by molar-refractivity contribution is 5.88. The molecule has 200 valence electrons. The minimum absolute atomic E-state index is 0.694. The van der Waals surface area contributed by atoms with E-state index in [1.54, 1.807) is 0 Å². The Kier molecular flexibility index (Phi) is 6.03. The zero-order valence-corrected chi connectivity index (χ0v) is 23.2. The Balaban J connectivity index is 1.26. The molecule has 4 heteroatoms. The van der Waals surface area contributed by atoms with Crippen molar-refractivity contribution in [2.75, 3.05) is 0 Å². The van der Waals surface area contributed by atoms with E-state index in [1.807, 2.05) is 12.3 Å². The summed E-state index contributed by atoms with van der Waals surface area (Å²) < 4.78 is 0. The highest BCUT2D eigenvalue weighted by atomic mass is 15.0. The normalized spacial score (nSPS) is 14.7. The highest BCUT2D eigenvalue weighted by Gasteiger charge is 2.19. The van der Waals surface area contributed by atoms with Crippen molar-refractivity contribution < 1.29 is 0 Å². The van der Waals surface area contributed by atoms with Crippen molar-refractivity contribution in [1.82, 2.24) is 19.9 Å². The summed E-state index contributed by atoms with van der Waals surface area (Å²) in [6.07, 6.45) is 12.6. The lowest BCUT2D eigenvalue weighted by Gasteiger charge is -2.19. The number of nitrogens with zero attached hydrogens (tertiary/aromatic N) is 4. The SMILES string of the molecule is C1=C(C2=c3ncccc3=CCC2)CCC(c2nc(-c3ccc4ccccc4c3)nc(-c3ccc4ccccc4c3)n2)=C1. The first-order chi connectivity index (χ1) is 20.8. The molecule has 2 aliphatic carbocycles. The van der Waals surface area contributed by atoms with Gasteiger partial charge in [-0.25, -0.2) is 15.0 Å². The van der Waals surface area contributed by atoms with Crippen molar-refractivity contribution >= 4 is 38.8 Å². The summed E-state index contributed by atoms with van der Waals surface area (Å²) in [5.74, 6) is 2.13. The summed E-state index contributed by atoms with van der Waals surface area (Å²) in [5.41, 5.74) is 5.85. The Morgan fingerprint density at radius 2 is 1.10 bits per heavy atom. The largest absolute Gasteiger partial charge is 0.256 e. The summed E-state index contributed by atoms with van der Waals surface area (Å²) in [5, 5.41) is 7.11. The van der Waals surface area contributed by atoms with Gasteiger partial charge in [-0.2, -0.15) is 0 Å². The van der Waals surface area contributed by atoms with E-state index in [4.69, 9.17) is 19.9 Å². The van der Waals surface area contributed by atoms with E-state index in [0.29, 0.717) is 11.6 Å². The Morgan fingerprint density at radius 1 is 0.500 bits per heavy atom. The van der Waals surface area contributed by atoms with Crippen LogP contribution in [0.15, 0.2) is 121 Å². The first-order valence-electron chi connectivity index (χ1n) is 14.6. The molecule has 2 heterocycles. The van der Waals surface area contributed by atoms with E-state index in [1.165, 1.54) is 37.9 Å². The van der Waals surface area contributed by atoms with Crippen molar-refractivity contribution in [3.8, 4) is 22.8 Å². The van der Waals surface area contributed by atoms with Gasteiger partial charge in [0.15, 0.2) is 17.5 Å². The number of hydrogen-bond acceptors (Lipinski definition) is 4. The molecule has 0 aliphatic heterocycles. The molecule has 0 saturated heterocycles. The van der Waals surface area contributed by atoms with Gasteiger partial charge in [0.2, 0.25) is 0 Å². The smallest absolute Gasteiger partial charge is 0.164 e. The highest BCUT2D eigenvalue weighted by Crippen LogP contribution is 2.33. The molecular weight excluding hydrogens is 512 g/mol. The van der Waals surface area contributed by atoms with Gasteiger partial charge >= 0.3 is 0 Å². The fourth-order valence-corrected chi connectivity index (χ4v) is 6.15. The number of aromatic nitrogens is 4. The molecule has 0 spiro atoms. The van der Waals surface area contributed by atoms with Gasteiger partial charge in [0.05, 0.1) is 5.35 Å². The molecule has 0 radical (unpaired) electrons. The zero-order valence-electron chi connectivity index (χ0n) is 23.2. The number of benzene rings is 4. The van der Waals surface area contributed by atoms with E-state index < -0.39 is 0 Å². The molecule has 6 aromatic rings. The minimum atomic E-state index is 0.694. The van der Waals surface area contributed by atoms with Crippen molar-refractivity contribution in [3.63, 3.8) is 0 Å². The molecule has 0 bridgehead atoms. The van der Waals surface area contributed by atoms with Gasteiger partial charge in [-0.1, -0.05) is 97.1 Å². The monoisotopic (exact) mass is 540 g/mol. The van der Waals surface area contributed by atoms with Crippen LogP contribution in [0.25, 0.3) is 61.5 Å². The van der Waals surface area contributed by atoms with Crippen LogP contribution >= 0.6 is 0 Å². The van der Waals surface area contributed by atoms with Gasteiger partial charge in [0.25, 0.3) is 0 Å². The van der Waals surface area contributed by atoms with Gasteiger partial charge in [0.1, 0.15) is 0 Å². The fourth-order valence-electron chi connectivity index (χ4n) is 6.15. The number of hydrogen-bond donors (Lipinski definition) is 0. The molecule has 2 aliphatic rings. The molecule has 8 rings (SSSR count). The third kappa shape index (κ3) is 4.51. The van der Waals surface area contributed by atoms with Gasteiger partial charge < -0.3 is 0 Å². The van der Waals surface area contributed by atoms with Crippen LogP contribution in [-0.4, -0.2) is 19.9 Å². The number of fused-ring (bicyclic) bond motifs is 3. The van der Waals surface area contributed by atoms with Crippen LogP contribution < -0.4 is 10.6 Å². The second kappa shape index (κ2) is 10.3. The van der Waals surface area contributed by atoms with Gasteiger partial charge in [-0.3, -0.25) is 4.98 Å². The maximum Gasteiger partial charge on any atom is 0.164 e. The molecule has 0 fully saturated rings. The number of rotatable bonds is 4. The van der Waals surface area contributed by atoms with E-state index in [-0.39, 0.29) is 0 Å². The summed E-state index contributed by atoms with van der Waals surface area (Å²) in [4.78, 5) is 19.8. The lowest BCUT2D eigenvalue weighted by Crippen LogP contribution is -2.32. The molecule has 2 aromatic heterocycles. The molecule has 0 unspecified atom stereocenters. The Morgan fingerprint density at radius 3 is 1.74 bits per heavy atom. The van der Waals surface area contributed by atoms with Crippen LogP contribution in [0.5, 0.6) is 0 Å². The van der Waals surface area contributed by atoms with Crippen molar-refractivity contribution in [1.29, 1.82) is 0 Å². The number of pyridine rings is 1. The minimum Gasteiger partial charge on any atom is -0.256 e. The molecule has 42 heavy (non-hydrogen) atoms. The molecule has 0 amide bonds. The molecule has 4 aromatic carbocycles. The summed E-state index contributed by atoms with van der Waals surface area (Å²) in [7, 11) is 0. The van der Waals surface area contributed by atoms with Gasteiger partial charge in [-0.15, -0.1) is 0 Å². The third-order valence-corrected chi connectivity index (χ3v) is 8.36. The van der Waals surface area contributed by atoms with Crippen molar-refractivity contribution in [3.05, 3.63) is 137 Å². The van der Waals surface area contributed by atoms with Crippen molar-refractivity contribution in [2.45, 2.75) is 25.7 Å². The van der Waals surface area contributed by atoms with Crippen LogP contribution in [0.4, 0.5) is 0 Å². The molecule has 4 nitrogen and oxygen atoms in total. The Hall–Kier alpha value is -5.22. The van der Waals surface area contributed by atoms with E-state index in [2.05, 4.69) is 109 Å². The predicted octanol–water partition coefficient (Wildman–Crippen LogP) is 7.44. The first kappa shape index (κ1) is 24.6. The lowest BCUT2D eigenvalue weighted by molar-refractivity contribution is 0.935. The van der Waals surface area contributed by atoms with Crippen LogP contribution in [0, 0.1) is 0 Å². The Bertz CT molecular complexity index is 2110. The Labute approximate surface area is 244 Å². The molecule has 0 atom stereocenters.